The highest BCUT2D eigenvalue weighted by molar-refractivity contribution is 9.10. The van der Waals surface area contributed by atoms with Crippen molar-refractivity contribution >= 4 is 49.9 Å². The second-order valence-electron chi connectivity index (χ2n) is 4.66. The van der Waals surface area contributed by atoms with Crippen molar-refractivity contribution in [2.45, 2.75) is 19.4 Å². The van der Waals surface area contributed by atoms with Crippen LogP contribution in [0.3, 0.4) is 0 Å². The summed E-state index contributed by atoms with van der Waals surface area (Å²) in [5.41, 5.74) is 2.18. The Morgan fingerprint density at radius 3 is 2.95 bits per heavy atom. The van der Waals surface area contributed by atoms with E-state index in [0.29, 0.717) is 5.88 Å². The van der Waals surface area contributed by atoms with Crippen molar-refractivity contribution in [1.29, 1.82) is 0 Å². The lowest BCUT2D eigenvalue weighted by Crippen LogP contribution is -2.10. The van der Waals surface area contributed by atoms with E-state index in [4.69, 9.17) is 16.6 Å². The topological polar surface area (TPSA) is 17.8 Å². The molecular weight excluding hydrogens is 356 g/mol. The number of nitrogens with zero attached hydrogens (tertiary/aromatic N) is 2. The number of fused-ring (bicyclic) bond motifs is 1. The fourth-order valence-electron chi connectivity index (χ4n) is 2.47. The molecule has 0 aliphatic rings. The van der Waals surface area contributed by atoms with Gasteiger partial charge in [-0.3, -0.25) is 0 Å². The van der Waals surface area contributed by atoms with E-state index in [-0.39, 0.29) is 6.04 Å². The number of aromatic nitrogens is 2. The molecule has 0 aliphatic carbocycles. The highest BCUT2D eigenvalue weighted by Crippen LogP contribution is 2.30. The van der Waals surface area contributed by atoms with Crippen LogP contribution < -0.4 is 0 Å². The Morgan fingerprint density at radius 2 is 2.25 bits per heavy atom. The Bertz CT molecular complexity index is 721. The Balaban J connectivity index is 2.19. The van der Waals surface area contributed by atoms with Crippen LogP contribution in [0.4, 0.5) is 0 Å². The Kier molecular flexibility index (Phi) is 4.15. The van der Waals surface area contributed by atoms with Crippen molar-refractivity contribution in [3.63, 3.8) is 0 Å². The molecule has 0 N–H and O–H groups in total. The molecule has 1 aromatic carbocycles. The van der Waals surface area contributed by atoms with Crippen molar-refractivity contribution < 1.29 is 0 Å². The average Bonchev–Trinajstić information content (AvgIpc) is 3.05. The van der Waals surface area contributed by atoms with Crippen LogP contribution in [0.5, 0.6) is 0 Å². The van der Waals surface area contributed by atoms with Gasteiger partial charge in [-0.2, -0.15) is 0 Å². The molecule has 2 aromatic heterocycles. The van der Waals surface area contributed by atoms with Gasteiger partial charge < -0.3 is 4.57 Å². The molecule has 0 saturated carbocycles. The monoisotopic (exact) mass is 368 g/mol. The number of benzene rings is 1. The predicted octanol–water partition coefficient (Wildman–Crippen LogP) is 5.25. The van der Waals surface area contributed by atoms with Gasteiger partial charge in [-0.25, -0.2) is 4.98 Å². The van der Waals surface area contributed by atoms with Crippen LogP contribution in [-0.2, 0) is 6.42 Å². The minimum atomic E-state index is 0.271. The first-order valence-corrected chi connectivity index (χ1v) is 8.67. The number of imidazole rings is 1. The van der Waals surface area contributed by atoms with Crippen molar-refractivity contribution in [1.82, 2.24) is 9.55 Å². The van der Waals surface area contributed by atoms with Gasteiger partial charge in [0.05, 0.1) is 17.1 Å². The zero-order valence-electron chi connectivity index (χ0n) is 11.0. The molecule has 0 spiro atoms. The van der Waals surface area contributed by atoms with Gasteiger partial charge in [0.15, 0.2) is 0 Å². The first-order valence-electron chi connectivity index (χ1n) is 6.46. The van der Waals surface area contributed by atoms with E-state index < -0.39 is 0 Å². The van der Waals surface area contributed by atoms with E-state index in [9.17, 15) is 0 Å². The van der Waals surface area contributed by atoms with Gasteiger partial charge in [-0.05, 0) is 36.6 Å². The van der Waals surface area contributed by atoms with E-state index in [0.717, 1.165) is 27.8 Å². The summed E-state index contributed by atoms with van der Waals surface area (Å²) in [6, 6.07) is 10.7. The fourth-order valence-corrected chi connectivity index (χ4v) is 3.76. The zero-order chi connectivity index (χ0) is 14.1. The van der Waals surface area contributed by atoms with Crippen LogP contribution in [0.25, 0.3) is 11.0 Å². The van der Waals surface area contributed by atoms with Crippen LogP contribution in [0.1, 0.15) is 23.7 Å². The van der Waals surface area contributed by atoms with E-state index in [1.165, 1.54) is 4.88 Å². The van der Waals surface area contributed by atoms with Crippen molar-refractivity contribution in [3.8, 4) is 0 Å². The number of hydrogen-bond donors (Lipinski definition) is 0. The van der Waals surface area contributed by atoms with Crippen molar-refractivity contribution in [3.05, 3.63) is 50.9 Å². The zero-order valence-corrected chi connectivity index (χ0v) is 14.2. The molecule has 0 radical (unpaired) electrons. The Hall–Kier alpha value is -0.840. The summed E-state index contributed by atoms with van der Waals surface area (Å²) in [5.74, 6) is 1.63. The lowest BCUT2D eigenvalue weighted by atomic mass is 10.2. The van der Waals surface area contributed by atoms with Crippen molar-refractivity contribution in [2.24, 2.45) is 0 Å². The molecule has 2 nitrogen and oxygen atoms in total. The first-order chi connectivity index (χ1) is 9.70. The van der Waals surface area contributed by atoms with E-state index in [1.807, 2.05) is 6.07 Å². The molecule has 0 bridgehead atoms. The number of thiophene rings is 1. The van der Waals surface area contributed by atoms with Gasteiger partial charge >= 0.3 is 0 Å². The third kappa shape index (κ3) is 2.52. The SMILES string of the molecule is CC(c1cccs1)n1c(CCCl)nc2ccc(Br)cc21. The number of rotatable bonds is 4. The van der Waals surface area contributed by atoms with Gasteiger partial charge in [0.2, 0.25) is 0 Å². The third-order valence-electron chi connectivity index (χ3n) is 3.38. The summed E-state index contributed by atoms with van der Waals surface area (Å²) >= 11 is 11.3. The molecule has 1 atom stereocenters. The quantitative estimate of drug-likeness (QED) is 0.574. The van der Waals surface area contributed by atoms with E-state index >= 15 is 0 Å². The largest absolute Gasteiger partial charge is 0.320 e. The molecule has 104 valence electrons. The molecule has 3 rings (SSSR count). The summed E-state index contributed by atoms with van der Waals surface area (Å²) < 4.78 is 3.37. The normalized spacial score (nSPS) is 12.9. The third-order valence-corrected chi connectivity index (χ3v) is 5.11. The van der Waals surface area contributed by atoms with E-state index in [2.05, 4.69) is 57.1 Å². The Labute approximate surface area is 135 Å². The minimum absolute atomic E-state index is 0.271. The van der Waals surface area contributed by atoms with Crippen LogP contribution in [0.2, 0.25) is 0 Å². The average molecular weight is 370 g/mol. The molecule has 0 fully saturated rings. The van der Waals surface area contributed by atoms with Gasteiger partial charge in [0.25, 0.3) is 0 Å². The maximum absolute atomic E-state index is 5.94. The van der Waals surface area contributed by atoms with E-state index in [1.54, 1.807) is 11.3 Å². The number of halogens is 2. The first kappa shape index (κ1) is 14.1. The van der Waals surface area contributed by atoms with Gasteiger partial charge in [0.1, 0.15) is 5.82 Å². The summed E-state index contributed by atoms with van der Waals surface area (Å²) in [4.78, 5) is 6.07. The lowest BCUT2D eigenvalue weighted by molar-refractivity contribution is 0.633. The van der Waals surface area contributed by atoms with Gasteiger partial charge in [-0.1, -0.05) is 22.0 Å². The Morgan fingerprint density at radius 1 is 1.40 bits per heavy atom. The summed E-state index contributed by atoms with van der Waals surface area (Å²) in [5, 5.41) is 2.11. The maximum Gasteiger partial charge on any atom is 0.111 e. The molecule has 0 aliphatic heterocycles. The number of alkyl halides is 1. The second kappa shape index (κ2) is 5.88. The minimum Gasteiger partial charge on any atom is -0.320 e. The predicted molar refractivity (Wildman–Crippen MR) is 90.0 cm³/mol. The summed E-state index contributed by atoms with van der Waals surface area (Å²) in [6.45, 7) is 2.21. The second-order valence-corrected chi connectivity index (χ2v) is 6.93. The van der Waals surface area contributed by atoms with Crippen LogP contribution in [-0.4, -0.2) is 15.4 Å². The highest BCUT2D eigenvalue weighted by atomic mass is 79.9. The summed E-state index contributed by atoms with van der Waals surface area (Å²) in [7, 11) is 0. The molecule has 2 heterocycles. The smallest absolute Gasteiger partial charge is 0.111 e. The summed E-state index contributed by atoms with van der Waals surface area (Å²) in [6.07, 6.45) is 0.781. The number of aryl methyl sites for hydroxylation is 1. The maximum atomic E-state index is 5.94. The van der Waals surface area contributed by atoms with Crippen LogP contribution in [0.15, 0.2) is 40.2 Å². The molecule has 5 heteroatoms. The number of hydrogen-bond acceptors (Lipinski definition) is 2. The van der Waals surface area contributed by atoms with Crippen LogP contribution >= 0.6 is 38.9 Å². The fraction of sp³-hybridized carbons (Fsp3) is 0.267. The molecule has 1 unspecified atom stereocenters. The molecular formula is C15H14BrClN2S. The molecule has 0 saturated heterocycles. The molecule has 20 heavy (non-hydrogen) atoms. The highest BCUT2D eigenvalue weighted by Gasteiger charge is 2.17. The molecule has 0 amide bonds. The van der Waals surface area contributed by atoms with Crippen molar-refractivity contribution in [2.75, 3.05) is 5.88 Å². The van der Waals surface area contributed by atoms with Gasteiger partial charge in [-0.15, -0.1) is 22.9 Å². The lowest BCUT2D eigenvalue weighted by Gasteiger charge is -2.16. The standard InChI is InChI=1S/C15H14BrClN2S/c1-10(14-3-2-8-20-14)19-13-9-11(16)4-5-12(13)18-15(19)6-7-17/h2-5,8-10H,6-7H2,1H3. The molecule has 3 aromatic rings. The van der Waals surface area contributed by atoms with Crippen LogP contribution in [0, 0.1) is 0 Å². The van der Waals surface area contributed by atoms with Gasteiger partial charge in [0, 0.05) is 21.7 Å².